The molecule has 140 valence electrons. The standard InChI is InChI=1S/C23H31NO2/c1-6-18-10-12-19(13-11-18)26-22(8-3)23(25)24-21(7-2)20-14-9-16(4)15-17(20)5/h9-15,21-22H,6-8H2,1-5H3,(H,24,25)/t21-,22-/m1/s1. The van der Waals surface area contributed by atoms with Gasteiger partial charge < -0.3 is 10.1 Å². The summed E-state index contributed by atoms with van der Waals surface area (Å²) in [6.45, 7) is 10.4. The van der Waals surface area contributed by atoms with Crippen molar-refractivity contribution in [2.45, 2.75) is 66.0 Å². The van der Waals surface area contributed by atoms with Gasteiger partial charge >= 0.3 is 0 Å². The number of carbonyl (C=O) groups excluding carboxylic acids is 1. The van der Waals surface area contributed by atoms with Gasteiger partial charge in [-0.1, -0.05) is 56.7 Å². The predicted octanol–water partition coefficient (Wildman–Crippen LogP) is 5.29. The summed E-state index contributed by atoms with van der Waals surface area (Å²) in [6, 6.07) is 14.3. The summed E-state index contributed by atoms with van der Waals surface area (Å²) in [5.74, 6) is 0.683. The van der Waals surface area contributed by atoms with Crippen molar-refractivity contribution < 1.29 is 9.53 Å². The Balaban J connectivity index is 2.08. The van der Waals surface area contributed by atoms with Crippen LogP contribution in [0.4, 0.5) is 0 Å². The van der Waals surface area contributed by atoms with Crippen molar-refractivity contribution in [2.75, 3.05) is 0 Å². The van der Waals surface area contributed by atoms with E-state index >= 15 is 0 Å². The van der Waals surface area contributed by atoms with Crippen LogP contribution in [0.5, 0.6) is 5.75 Å². The number of benzene rings is 2. The van der Waals surface area contributed by atoms with Crippen LogP contribution in [0.15, 0.2) is 42.5 Å². The number of amides is 1. The highest BCUT2D eigenvalue weighted by Gasteiger charge is 2.22. The Bertz CT molecular complexity index is 721. The number of hydrogen-bond acceptors (Lipinski definition) is 2. The van der Waals surface area contributed by atoms with E-state index < -0.39 is 6.10 Å². The third kappa shape index (κ3) is 5.10. The van der Waals surface area contributed by atoms with Gasteiger partial charge in [0.25, 0.3) is 5.91 Å². The van der Waals surface area contributed by atoms with E-state index in [1.54, 1.807) is 0 Å². The van der Waals surface area contributed by atoms with Crippen molar-refractivity contribution in [1.82, 2.24) is 5.32 Å². The molecule has 0 aliphatic carbocycles. The van der Waals surface area contributed by atoms with Crippen molar-refractivity contribution in [2.24, 2.45) is 0 Å². The van der Waals surface area contributed by atoms with Crippen LogP contribution in [0.1, 0.15) is 61.9 Å². The van der Waals surface area contributed by atoms with E-state index in [0.29, 0.717) is 6.42 Å². The van der Waals surface area contributed by atoms with E-state index in [4.69, 9.17) is 4.74 Å². The zero-order valence-corrected chi connectivity index (χ0v) is 16.6. The van der Waals surface area contributed by atoms with E-state index in [1.165, 1.54) is 22.3 Å². The zero-order chi connectivity index (χ0) is 19.1. The number of nitrogens with one attached hydrogen (secondary N) is 1. The Morgan fingerprint density at radius 2 is 1.69 bits per heavy atom. The largest absolute Gasteiger partial charge is 0.481 e. The van der Waals surface area contributed by atoms with Crippen molar-refractivity contribution >= 4 is 5.91 Å². The molecule has 0 bridgehead atoms. The van der Waals surface area contributed by atoms with Gasteiger partial charge in [0.15, 0.2) is 6.10 Å². The Hall–Kier alpha value is -2.29. The van der Waals surface area contributed by atoms with Crippen LogP contribution >= 0.6 is 0 Å². The summed E-state index contributed by atoms with van der Waals surface area (Å²) in [5.41, 5.74) is 4.88. The quantitative estimate of drug-likeness (QED) is 0.700. The van der Waals surface area contributed by atoms with Gasteiger partial charge in [0.2, 0.25) is 0 Å². The van der Waals surface area contributed by atoms with E-state index in [2.05, 4.69) is 51.2 Å². The predicted molar refractivity (Wildman–Crippen MR) is 108 cm³/mol. The lowest BCUT2D eigenvalue weighted by molar-refractivity contribution is -0.128. The highest BCUT2D eigenvalue weighted by atomic mass is 16.5. The summed E-state index contributed by atoms with van der Waals surface area (Å²) in [7, 11) is 0. The molecule has 0 heterocycles. The Morgan fingerprint density at radius 1 is 1.00 bits per heavy atom. The molecule has 0 radical (unpaired) electrons. The van der Waals surface area contributed by atoms with E-state index in [0.717, 1.165) is 18.6 Å². The number of aryl methyl sites for hydroxylation is 3. The molecule has 0 saturated carbocycles. The molecule has 2 atom stereocenters. The third-order valence-electron chi connectivity index (χ3n) is 4.80. The highest BCUT2D eigenvalue weighted by molar-refractivity contribution is 5.81. The van der Waals surface area contributed by atoms with Gasteiger partial charge in [-0.05, 0) is 61.9 Å². The Labute approximate surface area is 157 Å². The lowest BCUT2D eigenvalue weighted by Crippen LogP contribution is -2.40. The molecule has 2 aromatic carbocycles. The van der Waals surface area contributed by atoms with E-state index in [1.807, 2.05) is 31.2 Å². The number of carbonyl (C=O) groups is 1. The monoisotopic (exact) mass is 353 g/mol. The average Bonchev–Trinajstić information content (AvgIpc) is 2.65. The van der Waals surface area contributed by atoms with Crippen molar-refractivity contribution in [3.63, 3.8) is 0 Å². The van der Waals surface area contributed by atoms with Crippen LogP contribution in [0.2, 0.25) is 0 Å². The second kappa shape index (κ2) is 9.42. The minimum absolute atomic E-state index is 0.00298. The highest BCUT2D eigenvalue weighted by Crippen LogP contribution is 2.22. The van der Waals surface area contributed by atoms with Crippen LogP contribution in [-0.4, -0.2) is 12.0 Å². The van der Waals surface area contributed by atoms with E-state index in [9.17, 15) is 4.79 Å². The zero-order valence-electron chi connectivity index (χ0n) is 16.6. The maximum atomic E-state index is 12.8. The van der Waals surface area contributed by atoms with Gasteiger partial charge in [-0.25, -0.2) is 0 Å². The fourth-order valence-corrected chi connectivity index (χ4v) is 3.17. The minimum Gasteiger partial charge on any atom is -0.481 e. The van der Waals surface area contributed by atoms with Crippen molar-refractivity contribution in [3.8, 4) is 5.75 Å². The van der Waals surface area contributed by atoms with Crippen LogP contribution in [0, 0.1) is 13.8 Å². The summed E-state index contributed by atoms with van der Waals surface area (Å²) in [6.07, 6.45) is 1.98. The summed E-state index contributed by atoms with van der Waals surface area (Å²) in [5, 5.41) is 3.17. The molecular weight excluding hydrogens is 322 g/mol. The SMILES string of the molecule is CCc1ccc(O[C@H](CC)C(=O)N[C@H](CC)c2ccc(C)cc2C)cc1. The van der Waals surface area contributed by atoms with Crippen LogP contribution in [0.25, 0.3) is 0 Å². The van der Waals surface area contributed by atoms with Crippen molar-refractivity contribution in [3.05, 3.63) is 64.7 Å². The molecule has 2 rings (SSSR count). The van der Waals surface area contributed by atoms with Gasteiger partial charge in [-0.15, -0.1) is 0 Å². The number of ether oxygens (including phenoxy) is 1. The normalized spacial score (nSPS) is 13.1. The smallest absolute Gasteiger partial charge is 0.261 e. The third-order valence-corrected chi connectivity index (χ3v) is 4.80. The molecule has 0 aliphatic rings. The molecule has 0 unspecified atom stereocenters. The molecule has 0 saturated heterocycles. The summed E-state index contributed by atoms with van der Waals surface area (Å²) in [4.78, 5) is 12.8. The van der Waals surface area contributed by atoms with Crippen molar-refractivity contribution in [1.29, 1.82) is 0 Å². The topological polar surface area (TPSA) is 38.3 Å². The molecule has 3 heteroatoms. The molecule has 0 fully saturated rings. The summed E-state index contributed by atoms with van der Waals surface area (Å²) < 4.78 is 5.94. The molecule has 1 N–H and O–H groups in total. The first-order valence-corrected chi connectivity index (χ1v) is 9.61. The molecule has 3 nitrogen and oxygen atoms in total. The molecule has 1 amide bonds. The lowest BCUT2D eigenvalue weighted by Gasteiger charge is -2.24. The van der Waals surface area contributed by atoms with Gasteiger partial charge in [-0.3, -0.25) is 4.79 Å². The fraction of sp³-hybridized carbons (Fsp3) is 0.435. The first-order valence-electron chi connectivity index (χ1n) is 9.61. The molecule has 0 spiro atoms. The van der Waals surface area contributed by atoms with Gasteiger partial charge in [0.05, 0.1) is 6.04 Å². The lowest BCUT2D eigenvalue weighted by atomic mass is 9.97. The number of rotatable bonds is 8. The Kier molecular flexibility index (Phi) is 7.26. The summed E-state index contributed by atoms with van der Waals surface area (Å²) >= 11 is 0. The van der Waals surface area contributed by atoms with Gasteiger partial charge in [0.1, 0.15) is 5.75 Å². The fourth-order valence-electron chi connectivity index (χ4n) is 3.17. The molecule has 0 aliphatic heterocycles. The number of hydrogen-bond donors (Lipinski definition) is 1. The molecule has 2 aromatic rings. The first kappa shape index (κ1) is 20.0. The second-order valence-corrected chi connectivity index (χ2v) is 6.84. The van der Waals surface area contributed by atoms with E-state index in [-0.39, 0.29) is 11.9 Å². The minimum atomic E-state index is -0.484. The molecule has 0 aromatic heterocycles. The first-order chi connectivity index (χ1) is 12.5. The maximum Gasteiger partial charge on any atom is 0.261 e. The average molecular weight is 354 g/mol. The maximum absolute atomic E-state index is 12.8. The molecule has 26 heavy (non-hydrogen) atoms. The molecular formula is C23H31NO2. The van der Waals surface area contributed by atoms with Crippen LogP contribution < -0.4 is 10.1 Å². The van der Waals surface area contributed by atoms with Crippen LogP contribution in [0.3, 0.4) is 0 Å². The van der Waals surface area contributed by atoms with Crippen LogP contribution in [-0.2, 0) is 11.2 Å². The second-order valence-electron chi connectivity index (χ2n) is 6.84. The van der Waals surface area contributed by atoms with Gasteiger partial charge in [-0.2, -0.15) is 0 Å². The van der Waals surface area contributed by atoms with Gasteiger partial charge in [0, 0.05) is 0 Å². The Morgan fingerprint density at radius 3 is 2.23 bits per heavy atom.